The van der Waals surface area contributed by atoms with Crippen molar-refractivity contribution in [3.05, 3.63) is 64.1 Å². The number of para-hydroxylation sites is 1. The molecule has 0 aliphatic carbocycles. The highest BCUT2D eigenvalue weighted by Gasteiger charge is 2.14. The molecule has 2 aromatic heterocycles. The molecule has 1 N–H and O–H groups in total. The van der Waals surface area contributed by atoms with Crippen molar-refractivity contribution in [1.29, 1.82) is 0 Å². The molecule has 0 unspecified atom stereocenters. The van der Waals surface area contributed by atoms with E-state index in [9.17, 15) is 4.79 Å². The molecule has 0 bridgehead atoms. The number of ether oxygens (including phenoxy) is 1. The van der Waals surface area contributed by atoms with E-state index >= 15 is 0 Å². The molecular weight excluding hydrogens is 310 g/mol. The first-order valence-electron chi connectivity index (χ1n) is 7.05. The van der Waals surface area contributed by atoms with E-state index in [2.05, 4.69) is 15.3 Å². The van der Waals surface area contributed by atoms with Gasteiger partial charge in [-0.1, -0.05) is 18.2 Å². The Bertz CT molecular complexity index is 794. The molecule has 0 saturated carbocycles. The fourth-order valence-corrected chi connectivity index (χ4v) is 2.72. The van der Waals surface area contributed by atoms with Crippen LogP contribution in [-0.4, -0.2) is 15.9 Å². The molecule has 1 amide bonds. The number of nitrogens with one attached hydrogen (secondary N) is 1. The van der Waals surface area contributed by atoms with Crippen molar-refractivity contribution in [2.45, 2.75) is 13.8 Å². The number of aryl methyl sites for hydroxylation is 2. The molecule has 3 aromatic rings. The molecule has 0 saturated heterocycles. The zero-order valence-electron chi connectivity index (χ0n) is 12.7. The molecule has 0 radical (unpaired) electrons. The van der Waals surface area contributed by atoms with Gasteiger partial charge in [-0.15, -0.1) is 0 Å². The van der Waals surface area contributed by atoms with Crippen LogP contribution in [0.2, 0.25) is 0 Å². The second-order valence-electron chi connectivity index (χ2n) is 4.93. The van der Waals surface area contributed by atoms with Crippen molar-refractivity contribution in [3.63, 3.8) is 0 Å². The summed E-state index contributed by atoms with van der Waals surface area (Å²) in [6, 6.07) is 11.4. The minimum absolute atomic E-state index is 0.169. The fourth-order valence-electron chi connectivity index (χ4n) is 2.09. The molecule has 0 atom stereocenters. The maximum absolute atomic E-state index is 12.2. The molecule has 3 rings (SSSR count). The van der Waals surface area contributed by atoms with Crippen LogP contribution in [0.3, 0.4) is 0 Å². The van der Waals surface area contributed by atoms with Gasteiger partial charge in [-0.3, -0.25) is 4.79 Å². The fraction of sp³-hybridized carbons (Fsp3) is 0.118. The lowest BCUT2D eigenvalue weighted by molar-refractivity contribution is 0.102. The van der Waals surface area contributed by atoms with Crippen molar-refractivity contribution in [3.8, 4) is 11.8 Å². The van der Waals surface area contributed by atoms with E-state index in [1.165, 1.54) is 11.3 Å². The maximum atomic E-state index is 12.2. The third-order valence-corrected chi connectivity index (χ3v) is 3.91. The predicted octanol–water partition coefficient (Wildman–Crippen LogP) is 4.20. The summed E-state index contributed by atoms with van der Waals surface area (Å²) in [5.74, 6) is 0.499. The van der Waals surface area contributed by atoms with Crippen LogP contribution in [0, 0.1) is 13.8 Å². The van der Waals surface area contributed by atoms with E-state index in [1.54, 1.807) is 11.4 Å². The van der Waals surface area contributed by atoms with Crippen molar-refractivity contribution in [1.82, 2.24) is 9.97 Å². The van der Waals surface area contributed by atoms with Gasteiger partial charge < -0.3 is 10.1 Å². The number of thiophene rings is 1. The van der Waals surface area contributed by atoms with Crippen LogP contribution in [0.15, 0.2) is 47.2 Å². The highest BCUT2D eigenvalue weighted by molar-refractivity contribution is 7.08. The summed E-state index contributed by atoms with van der Waals surface area (Å²) in [5, 5.41) is 6.52. The van der Waals surface area contributed by atoms with Gasteiger partial charge in [-0.25, -0.2) is 0 Å². The second kappa shape index (κ2) is 6.58. The van der Waals surface area contributed by atoms with Crippen molar-refractivity contribution < 1.29 is 9.53 Å². The van der Waals surface area contributed by atoms with Crippen LogP contribution < -0.4 is 10.1 Å². The average Bonchev–Trinajstić information content (AvgIpc) is 3.06. The molecular formula is C17H15N3O2S. The van der Waals surface area contributed by atoms with E-state index < -0.39 is 0 Å². The summed E-state index contributed by atoms with van der Waals surface area (Å²) in [6.07, 6.45) is 0. The highest BCUT2D eigenvalue weighted by atomic mass is 32.1. The minimum Gasteiger partial charge on any atom is -0.424 e. The van der Waals surface area contributed by atoms with Gasteiger partial charge in [0.2, 0.25) is 0 Å². The van der Waals surface area contributed by atoms with Crippen LogP contribution in [0.4, 0.5) is 5.69 Å². The molecule has 0 spiro atoms. The molecule has 2 heterocycles. The van der Waals surface area contributed by atoms with Crippen molar-refractivity contribution in [2.24, 2.45) is 0 Å². The molecule has 116 valence electrons. The Labute approximate surface area is 138 Å². The van der Waals surface area contributed by atoms with E-state index in [-0.39, 0.29) is 11.9 Å². The van der Waals surface area contributed by atoms with E-state index in [4.69, 9.17) is 4.74 Å². The number of anilines is 1. The zero-order valence-corrected chi connectivity index (χ0v) is 13.6. The number of hydrogen-bond donors (Lipinski definition) is 1. The largest absolute Gasteiger partial charge is 0.424 e. The average molecular weight is 325 g/mol. The third-order valence-electron chi connectivity index (χ3n) is 3.22. The van der Waals surface area contributed by atoms with Crippen LogP contribution >= 0.6 is 11.3 Å². The first kappa shape index (κ1) is 15.2. The van der Waals surface area contributed by atoms with Gasteiger partial charge in [0.15, 0.2) is 0 Å². The summed E-state index contributed by atoms with van der Waals surface area (Å²) < 4.78 is 5.64. The predicted molar refractivity (Wildman–Crippen MR) is 90.3 cm³/mol. The van der Waals surface area contributed by atoms with Gasteiger partial charge in [0.1, 0.15) is 5.75 Å². The van der Waals surface area contributed by atoms with Crippen LogP contribution in [-0.2, 0) is 0 Å². The van der Waals surface area contributed by atoms with Gasteiger partial charge in [-0.2, -0.15) is 21.3 Å². The summed E-state index contributed by atoms with van der Waals surface area (Å²) in [4.78, 5) is 20.8. The Hall–Kier alpha value is -2.73. The summed E-state index contributed by atoms with van der Waals surface area (Å²) in [5.41, 5.74) is 2.55. The molecule has 5 nitrogen and oxygen atoms in total. The van der Waals surface area contributed by atoms with Crippen LogP contribution in [0.5, 0.6) is 11.8 Å². The van der Waals surface area contributed by atoms with Gasteiger partial charge >= 0.3 is 6.01 Å². The van der Waals surface area contributed by atoms with Gasteiger partial charge in [0.05, 0.1) is 22.6 Å². The molecule has 0 aliphatic rings. The number of nitrogens with zero attached hydrogens (tertiary/aromatic N) is 2. The Balaban J connectivity index is 1.82. The number of hydrogen-bond acceptors (Lipinski definition) is 5. The van der Waals surface area contributed by atoms with Gasteiger partial charge in [-0.05, 0) is 37.4 Å². The molecule has 1 aromatic carbocycles. The van der Waals surface area contributed by atoms with Crippen molar-refractivity contribution in [2.75, 3.05) is 5.32 Å². The van der Waals surface area contributed by atoms with E-state index in [1.807, 2.05) is 49.6 Å². The van der Waals surface area contributed by atoms with E-state index in [0.29, 0.717) is 28.4 Å². The number of rotatable bonds is 4. The number of benzene rings is 1. The third kappa shape index (κ3) is 3.54. The molecule has 0 aliphatic heterocycles. The van der Waals surface area contributed by atoms with Gasteiger partial charge in [0.25, 0.3) is 5.91 Å². The van der Waals surface area contributed by atoms with Crippen molar-refractivity contribution >= 4 is 22.9 Å². The Kier molecular flexibility index (Phi) is 4.34. The zero-order chi connectivity index (χ0) is 16.2. The summed E-state index contributed by atoms with van der Waals surface area (Å²) in [7, 11) is 0. The Morgan fingerprint density at radius 1 is 1.09 bits per heavy atom. The Morgan fingerprint density at radius 3 is 2.39 bits per heavy atom. The molecule has 6 heteroatoms. The smallest absolute Gasteiger partial charge is 0.322 e. The maximum Gasteiger partial charge on any atom is 0.322 e. The standard InChI is InChI=1S/C17H15N3O2S/c1-11-15(20-16(21)13-8-9-23-10-13)12(2)19-17(18-11)22-14-6-4-3-5-7-14/h3-10H,1-2H3,(H,20,21). The first-order chi connectivity index (χ1) is 11.1. The normalized spacial score (nSPS) is 10.3. The lowest BCUT2D eigenvalue weighted by Crippen LogP contribution is -2.14. The lowest BCUT2D eigenvalue weighted by Gasteiger charge is -2.12. The number of carbonyl (C=O) groups excluding carboxylic acids is 1. The number of aromatic nitrogens is 2. The monoisotopic (exact) mass is 325 g/mol. The molecule has 23 heavy (non-hydrogen) atoms. The molecule has 0 fully saturated rings. The quantitative estimate of drug-likeness (QED) is 0.781. The van der Waals surface area contributed by atoms with Crippen LogP contribution in [0.25, 0.3) is 0 Å². The number of amides is 1. The first-order valence-corrected chi connectivity index (χ1v) is 7.99. The summed E-state index contributed by atoms with van der Waals surface area (Å²) >= 11 is 1.48. The SMILES string of the molecule is Cc1nc(Oc2ccccc2)nc(C)c1NC(=O)c1ccsc1. The second-order valence-corrected chi connectivity index (χ2v) is 5.71. The highest BCUT2D eigenvalue weighted by Crippen LogP contribution is 2.23. The lowest BCUT2D eigenvalue weighted by atomic mass is 10.2. The van der Waals surface area contributed by atoms with Gasteiger partial charge in [0, 0.05) is 5.38 Å². The van der Waals surface area contributed by atoms with Crippen LogP contribution in [0.1, 0.15) is 21.7 Å². The Morgan fingerprint density at radius 2 is 1.78 bits per heavy atom. The minimum atomic E-state index is -0.169. The number of carbonyl (C=O) groups is 1. The van der Waals surface area contributed by atoms with E-state index in [0.717, 1.165) is 0 Å². The summed E-state index contributed by atoms with van der Waals surface area (Å²) in [6.45, 7) is 3.63. The topological polar surface area (TPSA) is 64.1 Å².